The Labute approximate surface area is 125 Å². The van der Waals surface area contributed by atoms with Gasteiger partial charge in [0.15, 0.2) is 0 Å². The third kappa shape index (κ3) is 2.08. The molecule has 21 heavy (non-hydrogen) atoms. The van der Waals surface area contributed by atoms with E-state index in [4.69, 9.17) is 0 Å². The Bertz CT molecular complexity index is 637. The van der Waals surface area contributed by atoms with Crippen molar-refractivity contribution in [3.8, 4) is 5.75 Å². The number of benzene rings is 1. The maximum absolute atomic E-state index is 9.67. The molecule has 3 nitrogen and oxygen atoms in total. The lowest BCUT2D eigenvalue weighted by Gasteiger charge is -2.43. The molecule has 1 aliphatic heterocycles. The van der Waals surface area contributed by atoms with Gasteiger partial charge >= 0.3 is 0 Å². The molecule has 0 bridgehead atoms. The molecular formula is C18H20N2O. The number of hydrogen-bond donors (Lipinski definition) is 1. The van der Waals surface area contributed by atoms with Gasteiger partial charge < -0.3 is 10.0 Å². The Morgan fingerprint density at radius 3 is 2.62 bits per heavy atom. The van der Waals surface area contributed by atoms with Crippen LogP contribution in [0.2, 0.25) is 0 Å². The molecule has 1 spiro atoms. The molecule has 1 aromatic heterocycles. The summed E-state index contributed by atoms with van der Waals surface area (Å²) >= 11 is 0. The van der Waals surface area contributed by atoms with Gasteiger partial charge in [-0.3, -0.25) is 4.98 Å². The first-order chi connectivity index (χ1) is 10.3. The SMILES string of the molecule is Oc1cncc(N2CC(c3ccccc3)C3(CCC3)C2)c1. The average Bonchev–Trinajstić information content (AvgIpc) is 2.89. The summed E-state index contributed by atoms with van der Waals surface area (Å²) in [7, 11) is 0. The third-order valence-electron chi connectivity index (χ3n) is 5.27. The Kier molecular flexibility index (Phi) is 2.88. The predicted molar refractivity (Wildman–Crippen MR) is 83.6 cm³/mol. The van der Waals surface area contributed by atoms with E-state index >= 15 is 0 Å². The van der Waals surface area contributed by atoms with Gasteiger partial charge in [-0.15, -0.1) is 0 Å². The van der Waals surface area contributed by atoms with E-state index < -0.39 is 0 Å². The number of aromatic nitrogens is 1. The fourth-order valence-electron chi connectivity index (χ4n) is 4.04. The van der Waals surface area contributed by atoms with Crippen LogP contribution in [0.1, 0.15) is 30.7 Å². The summed E-state index contributed by atoms with van der Waals surface area (Å²) in [5, 5.41) is 9.67. The van der Waals surface area contributed by atoms with E-state index in [1.807, 2.05) is 12.3 Å². The molecule has 3 heteroatoms. The summed E-state index contributed by atoms with van der Waals surface area (Å²) in [6, 6.07) is 12.7. The van der Waals surface area contributed by atoms with E-state index in [1.165, 1.54) is 31.0 Å². The van der Waals surface area contributed by atoms with Gasteiger partial charge in [-0.05, 0) is 23.8 Å². The maximum Gasteiger partial charge on any atom is 0.135 e. The van der Waals surface area contributed by atoms with Crippen LogP contribution in [0.3, 0.4) is 0 Å². The van der Waals surface area contributed by atoms with Crippen molar-refractivity contribution in [3.05, 3.63) is 54.4 Å². The van der Waals surface area contributed by atoms with Crippen molar-refractivity contribution in [2.45, 2.75) is 25.2 Å². The average molecular weight is 280 g/mol. The first-order valence-corrected chi connectivity index (χ1v) is 7.71. The van der Waals surface area contributed by atoms with Crippen LogP contribution in [-0.2, 0) is 0 Å². The van der Waals surface area contributed by atoms with Crippen LogP contribution >= 0.6 is 0 Å². The zero-order valence-electron chi connectivity index (χ0n) is 12.1. The van der Waals surface area contributed by atoms with Crippen LogP contribution in [0, 0.1) is 5.41 Å². The molecule has 1 saturated carbocycles. The van der Waals surface area contributed by atoms with Crippen LogP contribution in [0.25, 0.3) is 0 Å². The van der Waals surface area contributed by atoms with Crippen molar-refractivity contribution >= 4 is 5.69 Å². The van der Waals surface area contributed by atoms with Gasteiger partial charge in [-0.1, -0.05) is 36.8 Å². The monoisotopic (exact) mass is 280 g/mol. The van der Waals surface area contributed by atoms with E-state index in [0.717, 1.165) is 18.8 Å². The molecular weight excluding hydrogens is 260 g/mol. The first kappa shape index (κ1) is 12.7. The number of nitrogens with zero attached hydrogens (tertiary/aromatic N) is 2. The van der Waals surface area contributed by atoms with Crippen molar-refractivity contribution in [2.24, 2.45) is 5.41 Å². The Morgan fingerprint density at radius 2 is 1.95 bits per heavy atom. The lowest BCUT2D eigenvalue weighted by Crippen LogP contribution is -2.36. The second-order valence-electron chi connectivity index (χ2n) is 6.46. The van der Waals surface area contributed by atoms with Crippen molar-refractivity contribution in [1.29, 1.82) is 0 Å². The highest BCUT2D eigenvalue weighted by molar-refractivity contribution is 5.51. The molecule has 0 radical (unpaired) electrons. The lowest BCUT2D eigenvalue weighted by atomic mass is 9.61. The highest BCUT2D eigenvalue weighted by Gasteiger charge is 2.50. The fourth-order valence-corrected chi connectivity index (χ4v) is 4.04. The number of rotatable bonds is 2. The van der Waals surface area contributed by atoms with Crippen LogP contribution in [0.15, 0.2) is 48.8 Å². The number of hydrogen-bond acceptors (Lipinski definition) is 3. The second-order valence-corrected chi connectivity index (χ2v) is 6.46. The largest absolute Gasteiger partial charge is 0.506 e. The Morgan fingerprint density at radius 1 is 1.14 bits per heavy atom. The number of pyridine rings is 1. The van der Waals surface area contributed by atoms with E-state index in [-0.39, 0.29) is 5.75 Å². The molecule has 2 aliphatic rings. The quantitative estimate of drug-likeness (QED) is 0.913. The standard InChI is InChI=1S/C18H20N2O/c21-16-9-15(10-19-11-16)20-12-17(14-5-2-1-3-6-14)18(13-20)7-4-8-18/h1-3,5-6,9-11,17,21H,4,7-8,12-13H2. The highest BCUT2D eigenvalue weighted by atomic mass is 16.3. The second kappa shape index (κ2) is 4.76. The minimum absolute atomic E-state index is 0.248. The van der Waals surface area contributed by atoms with Gasteiger partial charge in [0.25, 0.3) is 0 Å². The van der Waals surface area contributed by atoms with Crippen LogP contribution < -0.4 is 4.90 Å². The van der Waals surface area contributed by atoms with E-state index in [2.05, 4.69) is 40.2 Å². The highest BCUT2D eigenvalue weighted by Crippen LogP contribution is 2.56. The molecule has 4 rings (SSSR count). The van der Waals surface area contributed by atoms with Gasteiger partial charge in [-0.25, -0.2) is 0 Å². The minimum atomic E-state index is 0.248. The normalized spacial score (nSPS) is 23.2. The summed E-state index contributed by atoms with van der Waals surface area (Å²) in [6.07, 6.45) is 7.33. The summed E-state index contributed by atoms with van der Waals surface area (Å²) in [5.74, 6) is 0.841. The van der Waals surface area contributed by atoms with Crippen molar-refractivity contribution in [3.63, 3.8) is 0 Å². The van der Waals surface area contributed by atoms with Gasteiger partial charge in [0, 0.05) is 25.1 Å². The summed E-state index contributed by atoms with van der Waals surface area (Å²) in [6.45, 7) is 2.10. The topological polar surface area (TPSA) is 36.4 Å². The molecule has 2 fully saturated rings. The van der Waals surface area contributed by atoms with Crippen LogP contribution in [-0.4, -0.2) is 23.2 Å². The molecule has 2 aromatic rings. The van der Waals surface area contributed by atoms with Crippen LogP contribution in [0.5, 0.6) is 5.75 Å². The molecule has 1 atom stereocenters. The summed E-state index contributed by atoms with van der Waals surface area (Å²) < 4.78 is 0. The number of aromatic hydroxyl groups is 1. The molecule has 1 unspecified atom stereocenters. The Balaban J connectivity index is 1.66. The predicted octanol–water partition coefficient (Wildman–Crippen LogP) is 3.56. The molecule has 2 heterocycles. The molecule has 1 N–H and O–H groups in total. The van der Waals surface area contributed by atoms with E-state index in [9.17, 15) is 5.11 Å². The minimum Gasteiger partial charge on any atom is -0.506 e. The molecule has 1 saturated heterocycles. The van der Waals surface area contributed by atoms with Gasteiger partial charge in [0.05, 0.1) is 18.1 Å². The zero-order chi connectivity index (χ0) is 14.3. The smallest absolute Gasteiger partial charge is 0.135 e. The number of anilines is 1. The lowest BCUT2D eigenvalue weighted by molar-refractivity contribution is 0.139. The molecule has 108 valence electrons. The van der Waals surface area contributed by atoms with Crippen molar-refractivity contribution in [2.75, 3.05) is 18.0 Å². The molecule has 1 aromatic carbocycles. The zero-order valence-corrected chi connectivity index (χ0v) is 12.1. The third-order valence-corrected chi connectivity index (χ3v) is 5.27. The van der Waals surface area contributed by atoms with Gasteiger partial charge in [0.1, 0.15) is 5.75 Å². The van der Waals surface area contributed by atoms with Gasteiger partial charge in [0.2, 0.25) is 0 Å². The Hall–Kier alpha value is -2.03. The fraction of sp³-hybridized carbons (Fsp3) is 0.389. The summed E-state index contributed by atoms with van der Waals surface area (Å²) in [4.78, 5) is 6.52. The molecule has 0 amide bonds. The first-order valence-electron chi connectivity index (χ1n) is 7.71. The van der Waals surface area contributed by atoms with Crippen LogP contribution in [0.4, 0.5) is 5.69 Å². The molecule has 1 aliphatic carbocycles. The van der Waals surface area contributed by atoms with Crippen molar-refractivity contribution < 1.29 is 5.11 Å². The van der Waals surface area contributed by atoms with E-state index in [1.54, 1.807) is 0 Å². The summed E-state index contributed by atoms with van der Waals surface area (Å²) in [5.41, 5.74) is 2.92. The van der Waals surface area contributed by atoms with Crippen molar-refractivity contribution in [1.82, 2.24) is 4.98 Å². The maximum atomic E-state index is 9.67. The van der Waals surface area contributed by atoms with Gasteiger partial charge in [-0.2, -0.15) is 0 Å². The van der Waals surface area contributed by atoms with E-state index in [0.29, 0.717) is 11.3 Å².